The number of hydrogen-bond acceptors (Lipinski definition) is 5. The van der Waals surface area contributed by atoms with Gasteiger partial charge in [-0.3, -0.25) is 0 Å². The molecule has 0 saturated heterocycles. The lowest BCUT2D eigenvalue weighted by atomic mass is 9.88. The van der Waals surface area contributed by atoms with E-state index in [1.165, 1.54) is 16.7 Å². The molecule has 2 atom stereocenters. The van der Waals surface area contributed by atoms with Crippen LogP contribution in [-0.4, -0.2) is 26.9 Å². The molecule has 2 heterocycles. The summed E-state index contributed by atoms with van der Waals surface area (Å²) in [5.74, 6) is 0.605. The smallest absolute Gasteiger partial charge is 0.178 e. The van der Waals surface area contributed by atoms with Crippen LogP contribution in [0.25, 0.3) is 11.2 Å². The van der Waals surface area contributed by atoms with Crippen molar-refractivity contribution in [1.82, 2.24) is 25.7 Å². The number of nitrogen functional groups attached to an aromatic ring is 1. The van der Waals surface area contributed by atoms with Gasteiger partial charge < -0.3 is 11.1 Å². The van der Waals surface area contributed by atoms with Gasteiger partial charge in [0.2, 0.25) is 0 Å². The summed E-state index contributed by atoms with van der Waals surface area (Å²) in [5, 5.41) is 15.7. The molecule has 0 spiro atoms. The lowest BCUT2D eigenvalue weighted by Crippen LogP contribution is -2.22. The number of anilines is 1. The molecule has 5 rings (SSSR count). The summed E-state index contributed by atoms with van der Waals surface area (Å²) in [5.41, 5.74) is 12.4. The van der Waals surface area contributed by atoms with Gasteiger partial charge in [-0.1, -0.05) is 59.3 Å². The second-order valence-corrected chi connectivity index (χ2v) is 8.16. The largest absolute Gasteiger partial charge is 0.384 e. The van der Waals surface area contributed by atoms with Crippen LogP contribution in [0.3, 0.4) is 0 Å². The molecule has 2 aromatic carbocycles. The predicted molar refractivity (Wildman–Crippen MR) is 120 cm³/mol. The van der Waals surface area contributed by atoms with E-state index in [0.717, 1.165) is 41.9 Å². The Morgan fingerprint density at radius 1 is 1.17 bits per heavy atom. The van der Waals surface area contributed by atoms with Crippen molar-refractivity contribution in [2.24, 2.45) is 0 Å². The zero-order chi connectivity index (χ0) is 20.5. The van der Waals surface area contributed by atoms with Crippen LogP contribution in [0.15, 0.2) is 54.6 Å². The Bertz CT molecular complexity index is 1170. The molecular formula is C23H23ClN6. The van der Waals surface area contributed by atoms with Crippen LogP contribution in [0.5, 0.6) is 0 Å². The maximum Gasteiger partial charge on any atom is 0.178 e. The summed E-state index contributed by atoms with van der Waals surface area (Å²) in [6, 6.07) is 18.9. The molecule has 0 bridgehead atoms. The van der Waals surface area contributed by atoms with E-state index in [-0.39, 0.29) is 5.92 Å². The van der Waals surface area contributed by atoms with E-state index in [2.05, 4.69) is 56.0 Å². The van der Waals surface area contributed by atoms with E-state index in [0.29, 0.717) is 17.5 Å². The Balaban J connectivity index is 1.41. The van der Waals surface area contributed by atoms with Gasteiger partial charge in [-0.2, -0.15) is 0 Å². The normalized spacial score (nSPS) is 16.6. The topological polar surface area (TPSA) is 92.5 Å². The molecule has 0 radical (unpaired) electrons. The van der Waals surface area contributed by atoms with Crippen LogP contribution >= 0.6 is 11.6 Å². The fourth-order valence-electron chi connectivity index (χ4n) is 4.56. The molecule has 4 aromatic rings. The van der Waals surface area contributed by atoms with E-state index in [1.807, 2.05) is 24.3 Å². The van der Waals surface area contributed by atoms with Gasteiger partial charge in [0.1, 0.15) is 11.3 Å². The first kappa shape index (κ1) is 19.0. The van der Waals surface area contributed by atoms with Crippen molar-refractivity contribution in [2.75, 3.05) is 12.3 Å². The number of rotatable bonds is 6. The first-order valence-electron chi connectivity index (χ1n) is 10.2. The van der Waals surface area contributed by atoms with Crippen LogP contribution < -0.4 is 11.1 Å². The predicted octanol–water partition coefficient (Wildman–Crippen LogP) is 4.39. The number of aromatic nitrogens is 4. The molecule has 0 aliphatic heterocycles. The minimum absolute atomic E-state index is 0.136. The number of pyridine rings is 1. The maximum absolute atomic E-state index is 6.38. The number of H-pyrrole nitrogens is 1. The summed E-state index contributed by atoms with van der Waals surface area (Å²) >= 11 is 6.38. The molecule has 0 amide bonds. The third-order valence-corrected chi connectivity index (χ3v) is 6.32. The fourth-order valence-corrected chi connectivity index (χ4v) is 4.84. The van der Waals surface area contributed by atoms with Gasteiger partial charge in [0.15, 0.2) is 5.65 Å². The molecule has 1 unspecified atom stereocenters. The summed E-state index contributed by atoms with van der Waals surface area (Å²) < 4.78 is 0. The van der Waals surface area contributed by atoms with Crippen molar-refractivity contribution in [3.63, 3.8) is 0 Å². The highest BCUT2D eigenvalue weighted by Crippen LogP contribution is 2.36. The highest BCUT2D eigenvalue weighted by Gasteiger charge is 2.25. The first-order valence-corrected chi connectivity index (χ1v) is 10.6. The van der Waals surface area contributed by atoms with E-state index in [1.54, 1.807) is 0 Å². The van der Waals surface area contributed by atoms with Crippen LogP contribution in [0.2, 0.25) is 5.02 Å². The minimum atomic E-state index is 0.136. The quantitative estimate of drug-likeness (QED) is 0.432. The third-order valence-electron chi connectivity index (χ3n) is 5.96. The Kier molecular flexibility index (Phi) is 5.11. The molecule has 6 nitrogen and oxygen atoms in total. The fraction of sp³-hybridized carbons (Fsp3) is 0.261. The standard InChI is InChI=1S/C23H23ClN6/c24-19-8-4-7-17-16(19)9-10-20(17)26-12-11-15(14-5-2-1-3-6-14)18-13-21(25)27-23-22(18)28-30-29-23/h1-8,13,15,20,26H,9-12H2,(H3,25,27,28,29,30)/t15?,20-/m0/s1. The third kappa shape index (κ3) is 3.53. The summed E-state index contributed by atoms with van der Waals surface area (Å²) in [4.78, 5) is 4.32. The van der Waals surface area contributed by atoms with Gasteiger partial charge in [-0.25, -0.2) is 10.1 Å². The SMILES string of the molecule is Nc1cc(C(CCN[C@H]2CCc3c(Cl)cccc32)c2ccccc2)c2nn[nH]c2n1. The number of nitrogens with zero attached hydrogens (tertiary/aromatic N) is 3. The second-order valence-electron chi connectivity index (χ2n) is 7.75. The molecule has 30 heavy (non-hydrogen) atoms. The Morgan fingerprint density at radius 3 is 2.90 bits per heavy atom. The average Bonchev–Trinajstić information content (AvgIpc) is 3.39. The highest BCUT2D eigenvalue weighted by atomic mass is 35.5. The highest BCUT2D eigenvalue weighted by molar-refractivity contribution is 6.31. The Labute approximate surface area is 179 Å². The van der Waals surface area contributed by atoms with Crippen LogP contribution in [0, 0.1) is 0 Å². The summed E-state index contributed by atoms with van der Waals surface area (Å²) in [7, 11) is 0. The molecule has 0 saturated carbocycles. The lowest BCUT2D eigenvalue weighted by molar-refractivity contribution is 0.508. The number of benzene rings is 2. The van der Waals surface area contributed by atoms with Gasteiger partial charge in [-0.15, -0.1) is 5.10 Å². The molecule has 1 aliphatic rings. The van der Waals surface area contributed by atoms with E-state index < -0.39 is 0 Å². The molecular weight excluding hydrogens is 396 g/mol. The van der Waals surface area contributed by atoms with Gasteiger partial charge >= 0.3 is 0 Å². The summed E-state index contributed by atoms with van der Waals surface area (Å²) in [6.45, 7) is 0.859. The van der Waals surface area contributed by atoms with Crippen molar-refractivity contribution in [2.45, 2.75) is 31.2 Å². The van der Waals surface area contributed by atoms with Gasteiger partial charge in [0.05, 0.1) is 0 Å². The number of hydrogen-bond donors (Lipinski definition) is 3. The van der Waals surface area contributed by atoms with Crippen LogP contribution in [0.1, 0.15) is 47.1 Å². The van der Waals surface area contributed by atoms with Crippen molar-refractivity contribution in [3.8, 4) is 0 Å². The van der Waals surface area contributed by atoms with Crippen LogP contribution in [-0.2, 0) is 6.42 Å². The van der Waals surface area contributed by atoms with E-state index in [9.17, 15) is 0 Å². The van der Waals surface area contributed by atoms with Gasteiger partial charge in [-0.05, 0) is 60.2 Å². The molecule has 152 valence electrons. The Morgan fingerprint density at radius 2 is 2.03 bits per heavy atom. The molecule has 7 heteroatoms. The number of aromatic amines is 1. The van der Waals surface area contributed by atoms with Crippen molar-refractivity contribution < 1.29 is 0 Å². The number of nitrogens with two attached hydrogens (primary N) is 1. The number of fused-ring (bicyclic) bond motifs is 2. The lowest BCUT2D eigenvalue weighted by Gasteiger charge is -2.21. The molecule has 0 fully saturated rings. The Hall–Kier alpha value is -2.96. The molecule has 1 aliphatic carbocycles. The van der Waals surface area contributed by atoms with Crippen molar-refractivity contribution >= 4 is 28.6 Å². The average molecular weight is 419 g/mol. The van der Waals surface area contributed by atoms with Crippen molar-refractivity contribution in [3.05, 3.63) is 81.9 Å². The second kappa shape index (κ2) is 8.05. The zero-order valence-corrected chi connectivity index (χ0v) is 17.2. The van der Waals surface area contributed by atoms with Gasteiger partial charge in [0.25, 0.3) is 0 Å². The van der Waals surface area contributed by atoms with E-state index >= 15 is 0 Å². The monoisotopic (exact) mass is 418 g/mol. The maximum atomic E-state index is 6.38. The first-order chi connectivity index (χ1) is 14.7. The van der Waals surface area contributed by atoms with E-state index in [4.69, 9.17) is 17.3 Å². The zero-order valence-electron chi connectivity index (χ0n) is 16.5. The summed E-state index contributed by atoms with van der Waals surface area (Å²) in [6.07, 6.45) is 3.00. The number of nitrogens with one attached hydrogen (secondary N) is 2. The number of halogens is 1. The van der Waals surface area contributed by atoms with Gasteiger partial charge in [0, 0.05) is 17.0 Å². The molecule has 2 aromatic heterocycles. The molecule has 4 N–H and O–H groups in total. The minimum Gasteiger partial charge on any atom is -0.384 e. The van der Waals surface area contributed by atoms with Crippen LogP contribution in [0.4, 0.5) is 5.82 Å². The van der Waals surface area contributed by atoms with Crippen molar-refractivity contribution in [1.29, 1.82) is 0 Å².